The molecule has 0 aromatic carbocycles. The highest BCUT2D eigenvalue weighted by molar-refractivity contribution is 5.78. The molecule has 1 heterocycles. The molecule has 1 rings (SSSR count). The number of carbonyl (C=O) groups is 2. The first-order valence-electron chi connectivity index (χ1n) is 5.39. The number of ether oxygens (including phenoxy) is 2. The van der Waals surface area contributed by atoms with Gasteiger partial charge in [0.2, 0.25) is 0 Å². The van der Waals surface area contributed by atoms with E-state index in [0.29, 0.717) is 19.7 Å². The molecule has 1 aliphatic heterocycles. The summed E-state index contributed by atoms with van der Waals surface area (Å²) in [6, 6.07) is 0. The van der Waals surface area contributed by atoms with Crippen LogP contribution in [0.1, 0.15) is 0 Å². The van der Waals surface area contributed by atoms with Gasteiger partial charge in [-0.3, -0.25) is 4.79 Å². The summed E-state index contributed by atoms with van der Waals surface area (Å²) in [4.78, 5) is 21.8. The van der Waals surface area contributed by atoms with Crippen LogP contribution in [0.5, 0.6) is 0 Å². The molecule has 5 heteroatoms. The molecule has 18 heavy (non-hydrogen) atoms. The normalized spacial score (nSPS) is 20.8. The van der Waals surface area contributed by atoms with Crippen LogP contribution in [0, 0.1) is 36.5 Å². The summed E-state index contributed by atoms with van der Waals surface area (Å²) >= 11 is 0. The Morgan fingerprint density at radius 1 is 1.39 bits per heavy atom. The third-order valence-electron chi connectivity index (χ3n) is 2.26. The molecule has 0 aromatic rings. The maximum absolute atomic E-state index is 11.3. The molecule has 5 nitrogen and oxygen atoms in total. The second-order valence-corrected chi connectivity index (χ2v) is 3.51. The van der Waals surface area contributed by atoms with Crippen LogP contribution < -0.4 is 5.32 Å². The number of carbonyl (C=O) groups excluding carboxylic acids is 2. The molecule has 0 bridgehead atoms. The van der Waals surface area contributed by atoms with Crippen molar-refractivity contribution in [2.75, 3.05) is 33.4 Å². The number of methoxy groups -OCH3 is 1. The Hall–Kier alpha value is -1.82. The lowest BCUT2D eigenvalue weighted by atomic mass is 9.98. The van der Waals surface area contributed by atoms with Gasteiger partial charge in [0.1, 0.15) is 12.9 Å². The van der Waals surface area contributed by atoms with Gasteiger partial charge < -0.3 is 19.6 Å². The number of hydrogen-bond acceptors (Lipinski definition) is 5. The Morgan fingerprint density at radius 3 is 2.50 bits per heavy atom. The first kappa shape index (κ1) is 16.2. The second-order valence-electron chi connectivity index (χ2n) is 3.51. The van der Waals surface area contributed by atoms with Crippen LogP contribution in [0.2, 0.25) is 0 Å². The monoisotopic (exact) mass is 251 g/mol. The lowest BCUT2D eigenvalue weighted by molar-refractivity contribution is -0.148. The van der Waals surface area contributed by atoms with E-state index in [1.54, 1.807) is 7.11 Å². The SMILES string of the molecule is C#CCOC.C#CCOC(=O)C1CNCC1C=O. The number of hydrogen-bond donors (Lipinski definition) is 1. The van der Waals surface area contributed by atoms with Crippen molar-refractivity contribution in [2.24, 2.45) is 11.8 Å². The molecule has 1 saturated heterocycles. The third kappa shape index (κ3) is 6.05. The van der Waals surface area contributed by atoms with Crippen LogP contribution in [0.25, 0.3) is 0 Å². The zero-order valence-electron chi connectivity index (χ0n) is 10.3. The summed E-state index contributed by atoms with van der Waals surface area (Å²) in [5.41, 5.74) is 0. The van der Waals surface area contributed by atoms with E-state index in [4.69, 9.17) is 17.6 Å². The lowest BCUT2D eigenvalue weighted by Crippen LogP contribution is -2.25. The first-order valence-corrected chi connectivity index (χ1v) is 5.39. The molecule has 0 aromatic heterocycles. The highest BCUT2D eigenvalue weighted by atomic mass is 16.5. The second kappa shape index (κ2) is 10.3. The smallest absolute Gasteiger partial charge is 0.311 e. The van der Waals surface area contributed by atoms with E-state index in [0.717, 1.165) is 6.29 Å². The Bertz CT molecular complexity index is 340. The fourth-order valence-corrected chi connectivity index (χ4v) is 1.40. The van der Waals surface area contributed by atoms with Gasteiger partial charge in [-0.15, -0.1) is 12.8 Å². The van der Waals surface area contributed by atoms with Crippen molar-refractivity contribution < 1.29 is 19.1 Å². The zero-order valence-corrected chi connectivity index (χ0v) is 10.3. The van der Waals surface area contributed by atoms with E-state index in [1.807, 2.05) is 0 Å². The van der Waals surface area contributed by atoms with Crippen LogP contribution in [0.15, 0.2) is 0 Å². The van der Waals surface area contributed by atoms with Gasteiger partial charge in [-0.05, 0) is 0 Å². The molecule has 1 N–H and O–H groups in total. The zero-order chi connectivity index (χ0) is 13.8. The highest BCUT2D eigenvalue weighted by Crippen LogP contribution is 2.15. The van der Waals surface area contributed by atoms with Crippen molar-refractivity contribution in [3.63, 3.8) is 0 Å². The molecule has 1 aliphatic rings. The van der Waals surface area contributed by atoms with E-state index in [1.165, 1.54) is 0 Å². The summed E-state index contributed by atoms with van der Waals surface area (Å²) < 4.78 is 9.19. The molecule has 0 radical (unpaired) electrons. The van der Waals surface area contributed by atoms with Gasteiger partial charge in [-0.1, -0.05) is 11.8 Å². The van der Waals surface area contributed by atoms with E-state index in [-0.39, 0.29) is 24.4 Å². The number of aldehydes is 1. The predicted octanol–water partition coefficient (Wildman–Crippen LogP) is -0.537. The van der Waals surface area contributed by atoms with Crippen LogP contribution in [-0.2, 0) is 19.1 Å². The summed E-state index contributed by atoms with van der Waals surface area (Å²) in [6.07, 6.45) is 10.5. The molecule has 2 unspecified atom stereocenters. The summed E-state index contributed by atoms with van der Waals surface area (Å²) in [7, 11) is 1.57. The number of nitrogens with one attached hydrogen (secondary N) is 1. The number of terminal acetylenes is 2. The third-order valence-corrected chi connectivity index (χ3v) is 2.26. The van der Waals surface area contributed by atoms with Crippen molar-refractivity contribution in [1.29, 1.82) is 0 Å². The highest BCUT2D eigenvalue weighted by Gasteiger charge is 2.33. The molecule has 98 valence electrons. The predicted molar refractivity (Wildman–Crippen MR) is 66.4 cm³/mol. The molecule has 2 atom stereocenters. The van der Waals surface area contributed by atoms with Crippen LogP contribution in [0.4, 0.5) is 0 Å². The lowest BCUT2D eigenvalue weighted by Gasteiger charge is -2.10. The Balaban J connectivity index is 0.000000494. The maximum Gasteiger partial charge on any atom is 0.311 e. The number of esters is 1. The molecule has 0 amide bonds. The van der Waals surface area contributed by atoms with Gasteiger partial charge in [0.25, 0.3) is 0 Å². The van der Waals surface area contributed by atoms with Crippen molar-refractivity contribution in [3.8, 4) is 24.7 Å². The summed E-state index contributed by atoms with van der Waals surface area (Å²) in [5.74, 6) is 3.47. The average molecular weight is 251 g/mol. The largest absolute Gasteiger partial charge is 0.452 e. The van der Waals surface area contributed by atoms with Gasteiger partial charge in [-0.2, -0.15) is 0 Å². The van der Waals surface area contributed by atoms with Crippen molar-refractivity contribution in [2.45, 2.75) is 0 Å². The molecular weight excluding hydrogens is 234 g/mol. The number of rotatable bonds is 4. The summed E-state index contributed by atoms with van der Waals surface area (Å²) in [6.45, 7) is 1.42. The van der Waals surface area contributed by atoms with Crippen molar-refractivity contribution >= 4 is 12.3 Å². The topological polar surface area (TPSA) is 64.6 Å². The molecule has 0 saturated carbocycles. The van der Waals surface area contributed by atoms with Crippen molar-refractivity contribution in [1.82, 2.24) is 5.32 Å². The Kier molecular flexibility index (Phi) is 9.30. The Morgan fingerprint density at radius 2 is 2.06 bits per heavy atom. The van der Waals surface area contributed by atoms with Gasteiger partial charge in [0.05, 0.1) is 5.92 Å². The fraction of sp³-hybridized carbons (Fsp3) is 0.538. The van der Waals surface area contributed by atoms with Crippen LogP contribution in [0.3, 0.4) is 0 Å². The van der Waals surface area contributed by atoms with E-state index in [2.05, 4.69) is 21.9 Å². The maximum atomic E-state index is 11.3. The minimum absolute atomic E-state index is 0.0269. The molecule has 0 aliphatic carbocycles. The van der Waals surface area contributed by atoms with Gasteiger partial charge in [0.15, 0.2) is 6.61 Å². The minimum atomic E-state index is -0.389. The Labute approximate surface area is 107 Å². The standard InChI is InChI=1S/C9H11NO3.C4H6O/c1-2-3-13-9(12)8-5-10-4-7(8)6-11;1-3-4-5-2/h1,6-8,10H,3-5H2;1H,4H2,2H3. The van der Waals surface area contributed by atoms with E-state index < -0.39 is 0 Å². The molecule has 1 fully saturated rings. The van der Waals surface area contributed by atoms with Crippen LogP contribution >= 0.6 is 0 Å². The average Bonchev–Trinajstić information content (AvgIpc) is 2.86. The minimum Gasteiger partial charge on any atom is -0.452 e. The van der Waals surface area contributed by atoms with Crippen molar-refractivity contribution in [3.05, 3.63) is 0 Å². The quantitative estimate of drug-likeness (QED) is 0.413. The van der Waals surface area contributed by atoms with Gasteiger partial charge in [-0.25, -0.2) is 0 Å². The van der Waals surface area contributed by atoms with Gasteiger partial charge >= 0.3 is 5.97 Å². The fourth-order valence-electron chi connectivity index (χ4n) is 1.40. The molecular formula is C13H17NO4. The first-order chi connectivity index (χ1) is 8.71. The molecule has 0 spiro atoms. The summed E-state index contributed by atoms with van der Waals surface area (Å²) in [5, 5.41) is 2.95. The van der Waals surface area contributed by atoms with E-state index >= 15 is 0 Å². The van der Waals surface area contributed by atoms with Gasteiger partial charge in [0, 0.05) is 26.1 Å². The van der Waals surface area contributed by atoms with Crippen LogP contribution in [-0.4, -0.2) is 45.7 Å². The van der Waals surface area contributed by atoms with E-state index in [9.17, 15) is 9.59 Å².